The van der Waals surface area contributed by atoms with Gasteiger partial charge in [0.2, 0.25) is 5.91 Å². The van der Waals surface area contributed by atoms with Crippen LogP contribution in [-0.4, -0.2) is 46.4 Å². The summed E-state index contributed by atoms with van der Waals surface area (Å²) < 4.78 is 55.9. The van der Waals surface area contributed by atoms with Crippen molar-refractivity contribution in [1.29, 1.82) is 0 Å². The number of carbonyl (C=O) groups is 3. The minimum atomic E-state index is -4.95. The zero-order chi connectivity index (χ0) is 31.6. The van der Waals surface area contributed by atoms with Gasteiger partial charge in [-0.2, -0.15) is 13.2 Å². The molecule has 11 heteroatoms. The van der Waals surface area contributed by atoms with Gasteiger partial charge in [-0.05, 0) is 74.9 Å². The number of carboxylic acid groups (broad SMARTS) is 1. The Morgan fingerprint density at radius 1 is 1.02 bits per heavy atom. The van der Waals surface area contributed by atoms with E-state index in [0.29, 0.717) is 36.9 Å². The molecule has 0 radical (unpaired) electrons. The molecule has 2 aromatic carbocycles. The molecule has 7 nitrogen and oxygen atoms in total. The fourth-order valence-corrected chi connectivity index (χ4v) is 6.70. The van der Waals surface area contributed by atoms with Crippen molar-refractivity contribution in [2.24, 2.45) is 11.8 Å². The second-order valence-electron chi connectivity index (χ2n) is 11.8. The number of likely N-dealkylation sites (tertiary alicyclic amines) is 1. The maximum absolute atomic E-state index is 14.9. The third kappa shape index (κ3) is 6.66. The van der Waals surface area contributed by atoms with Gasteiger partial charge < -0.3 is 20.6 Å². The zero-order valence-electron chi connectivity index (χ0n) is 24.3. The molecule has 0 aromatic heterocycles. The number of halogens is 4. The Bertz CT molecular complexity index is 1480. The van der Waals surface area contributed by atoms with Crippen molar-refractivity contribution in [3.05, 3.63) is 88.4 Å². The first-order chi connectivity index (χ1) is 20.9. The number of hydrogen-bond donors (Lipinski definition) is 3. The maximum Gasteiger partial charge on any atom is 0.417 e. The highest BCUT2D eigenvalue weighted by atomic mass is 19.4. The normalized spacial score (nSPS) is 22.4. The third-order valence-electron chi connectivity index (χ3n) is 8.84. The monoisotopic (exact) mass is 613 g/mol. The lowest BCUT2D eigenvalue weighted by Crippen LogP contribution is -2.55. The van der Waals surface area contributed by atoms with Crippen LogP contribution in [-0.2, 0) is 11.0 Å². The number of aromatic carboxylic acids is 1. The SMILES string of the molecule is Cc1cccc(F)c1C(=O)N1CCC[C@H](C(=O)Nc2ccc(C(=O)O)c(C(F)(F)F)c2)C1[C@@H]1C=CC(NC2CCCC2)=CC1. The van der Waals surface area contributed by atoms with Crippen LogP contribution >= 0.6 is 0 Å². The van der Waals surface area contributed by atoms with Crippen LogP contribution < -0.4 is 10.6 Å². The quantitative estimate of drug-likeness (QED) is 0.302. The summed E-state index contributed by atoms with van der Waals surface area (Å²) in [5.41, 5.74) is -1.16. The summed E-state index contributed by atoms with van der Waals surface area (Å²) in [6, 6.07) is 6.60. The number of allylic oxidation sites excluding steroid dienone is 2. The van der Waals surface area contributed by atoms with Gasteiger partial charge in [-0.3, -0.25) is 9.59 Å². The average Bonchev–Trinajstić information content (AvgIpc) is 3.49. The zero-order valence-corrected chi connectivity index (χ0v) is 24.3. The largest absolute Gasteiger partial charge is 0.478 e. The van der Waals surface area contributed by atoms with Gasteiger partial charge in [-0.15, -0.1) is 0 Å². The summed E-state index contributed by atoms with van der Waals surface area (Å²) in [7, 11) is 0. The molecule has 1 heterocycles. The first-order valence-electron chi connectivity index (χ1n) is 14.9. The van der Waals surface area contributed by atoms with E-state index in [-0.39, 0.29) is 23.7 Å². The molecule has 5 rings (SSSR count). The lowest BCUT2D eigenvalue weighted by atomic mass is 9.77. The Kier molecular flexibility index (Phi) is 9.12. The minimum Gasteiger partial charge on any atom is -0.478 e. The number of hydrogen-bond acceptors (Lipinski definition) is 4. The minimum absolute atomic E-state index is 0.0726. The Hall–Kier alpha value is -4.15. The van der Waals surface area contributed by atoms with E-state index in [9.17, 15) is 37.1 Å². The molecule has 3 aliphatic rings. The number of benzene rings is 2. The van der Waals surface area contributed by atoms with Gasteiger partial charge in [-0.25, -0.2) is 9.18 Å². The average molecular weight is 614 g/mol. The molecular weight excluding hydrogens is 578 g/mol. The van der Waals surface area contributed by atoms with E-state index >= 15 is 0 Å². The number of nitrogens with one attached hydrogen (secondary N) is 2. The fraction of sp³-hybridized carbons (Fsp3) is 0.424. The number of piperidine rings is 1. The van der Waals surface area contributed by atoms with Gasteiger partial charge in [0, 0.05) is 29.9 Å². The number of amides is 2. The molecule has 2 aromatic rings. The predicted molar refractivity (Wildman–Crippen MR) is 156 cm³/mol. The van der Waals surface area contributed by atoms with Crippen molar-refractivity contribution in [1.82, 2.24) is 10.2 Å². The van der Waals surface area contributed by atoms with Crippen LogP contribution in [0.2, 0.25) is 0 Å². The van der Waals surface area contributed by atoms with Crippen LogP contribution in [0.4, 0.5) is 23.2 Å². The number of alkyl halides is 3. The first-order valence-corrected chi connectivity index (χ1v) is 14.9. The smallest absolute Gasteiger partial charge is 0.417 e. The molecule has 0 spiro atoms. The van der Waals surface area contributed by atoms with Gasteiger partial charge in [0.25, 0.3) is 5.91 Å². The van der Waals surface area contributed by atoms with Crippen molar-refractivity contribution in [2.75, 3.05) is 11.9 Å². The lowest BCUT2D eigenvalue weighted by molar-refractivity contribution is -0.138. The maximum atomic E-state index is 14.9. The van der Waals surface area contributed by atoms with E-state index in [0.717, 1.165) is 30.7 Å². The van der Waals surface area contributed by atoms with E-state index in [1.807, 2.05) is 18.2 Å². The van der Waals surface area contributed by atoms with E-state index in [2.05, 4.69) is 10.6 Å². The van der Waals surface area contributed by atoms with Crippen molar-refractivity contribution < 1.29 is 37.1 Å². The molecule has 234 valence electrons. The molecule has 1 saturated carbocycles. The van der Waals surface area contributed by atoms with Crippen molar-refractivity contribution in [3.8, 4) is 0 Å². The second-order valence-corrected chi connectivity index (χ2v) is 11.8. The standard InChI is InChI=1S/C33H35F4N3O4/c1-19-6-4-10-27(34)28(19)31(42)40-17-5-9-25(29(40)20-11-13-22(14-12-20)38-21-7-2-3-8-21)30(41)39-23-15-16-24(32(43)44)26(18-23)33(35,36)37/h4,6,10-11,13-16,18,20-21,25,29,38H,2-3,5,7-9,12,17H2,1H3,(H,39,41)(H,43,44)/t20-,25+,29?/m1/s1. The molecule has 1 unspecified atom stereocenters. The Morgan fingerprint density at radius 2 is 1.77 bits per heavy atom. The number of rotatable bonds is 7. The topological polar surface area (TPSA) is 98.7 Å². The van der Waals surface area contributed by atoms with Crippen LogP contribution in [0.25, 0.3) is 0 Å². The van der Waals surface area contributed by atoms with Crippen LogP contribution in [0.5, 0.6) is 0 Å². The van der Waals surface area contributed by atoms with E-state index in [1.54, 1.807) is 13.0 Å². The summed E-state index contributed by atoms with van der Waals surface area (Å²) >= 11 is 0. The highest BCUT2D eigenvalue weighted by Gasteiger charge is 2.43. The molecule has 2 aliphatic carbocycles. The second kappa shape index (κ2) is 12.8. The Morgan fingerprint density at radius 3 is 2.41 bits per heavy atom. The molecule has 2 amide bonds. The number of anilines is 1. The van der Waals surface area contributed by atoms with E-state index < -0.39 is 52.9 Å². The molecule has 2 fully saturated rings. The number of nitrogens with zero attached hydrogens (tertiary/aromatic N) is 1. The van der Waals surface area contributed by atoms with Crippen molar-refractivity contribution in [2.45, 2.75) is 70.1 Å². The Balaban J connectivity index is 1.45. The van der Waals surface area contributed by atoms with E-state index in [1.165, 1.54) is 29.9 Å². The van der Waals surface area contributed by atoms with Crippen LogP contribution in [0.1, 0.15) is 76.8 Å². The summed E-state index contributed by atoms with van der Waals surface area (Å²) in [6.45, 7) is 1.93. The molecular formula is C33H35F4N3O4. The van der Waals surface area contributed by atoms with Crippen LogP contribution in [0.3, 0.4) is 0 Å². The highest BCUT2D eigenvalue weighted by molar-refractivity contribution is 5.98. The van der Waals surface area contributed by atoms with Crippen LogP contribution in [0, 0.1) is 24.6 Å². The van der Waals surface area contributed by atoms with Crippen molar-refractivity contribution >= 4 is 23.5 Å². The molecule has 1 aliphatic heterocycles. The lowest BCUT2D eigenvalue weighted by Gasteiger charge is -2.44. The molecule has 1 saturated heterocycles. The van der Waals surface area contributed by atoms with Crippen molar-refractivity contribution in [3.63, 3.8) is 0 Å². The third-order valence-corrected chi connectivity index (χ3v) is 8.84. The van der Waals surface area contributed by atoms with E-state index in [4.69, 9.17) is 0 Å². The Labute approximate surface area is 253 Å². The summed E-state index contributed by atoms with van der Waals surface area (Å²) in [5, 5.41) is 15.3. The molecule has 3 N–H and O–H groups in total. The first kappa shape index (κ1) is 31.3. The van der Waals surface area contributed by atoms with Gasteiger partial charge in [0.05, 0.1) is 28.7 Å². The summed E-state index contributed by atoms with van der Waals surface area (Å²) in [5.74, 6) is -4.67. The highest BCUT2D eigenvalue weighted by Crippen LogP contribution is 2.38. The predicted octanol–water partition coefficient (Wildman–Crippen LogP) is 6.70. The summed E-state index contributed by atoms with van der Waals surface area (Å²) in [6.07, 6.45) is 6.79. The van der Waals surface area contributed by atoms with Gasteiger partial charge in [0.15, 0.2) is 0 Å². The number of carboxylic acids is 1. The fourth-order valence-electron chi connectivity index (χ4n) is 6.70. The molecule has 3 atom stereocenters. The van der Waals surface area contributed by atoms with Crippen LogP contribution in [0.15, 0.2) is 60.3 Å². The number of aryl methyl sites for hydroxylation is 1. The molecule has 0 bridgehead atoms. The molecule has 44 heavy (non-hydrogen) atoms. The van der Waals surface area contributed by atoms with Gasteiger partial charge in [-0.1, -0.05) is 37.1 Å². The van der Waals surface area contributed by atoms with Gasteiger partial charge in [0.1, 0.15) is 5.82 Å². The summed E-state index contributed by atoms with van der Waals surface area (Å²) in [4.78, 5) is 40.6. The number of carbonyl (C=O) groups excluding carboxylic acids is 2. The van der Waals surface area contributed by atoms with Gasteiger partial charge >= 0.3 is 12.1 Å².